The van der Waals surface area contributed by atoms with Crippen LogP contribution in [0.1, 0.15) is 187 Å². The minimum absolute atomic E-state index is 0.0155. The Morgan fingerprint density at radius 1 is 0.805 bits per heavy atom. The van der Waals surface area contributed by atoms with Gasteiger partial charge in [0, 0.05) is 60.3 Å². The van der Waals surface area contributed by atoms with Crippen LogP contribution >= 0.6 is 0 Å². The van der Waals surface area contributed by atoms with Gasteiger partial charge in [0.25, 0.3) is 0 Å². The highest BCUT2D eigenvalue weighted by Gasteiger charge is 2.62. The molecular formula is C76H78O11. The number of aryl methyl sites for hydroxylation is 1. The first-order chi connectivity index (χ1) is 42.5. The van der Waals surface area contributed by atoms with Crippen LogP contribution in [0.2, 0.25) is 0 Å². The van der Waals surface area contributed by atoms with Crippen molar-refractivity contribution in [1.29, 1.82) is 0 Å². The minimum atomic E-state index is -1.44. The summed E-state index contributed by atoms with van der Waals surface area (Å²) in [5, 5.41) is 32.8. The van der Waals surface area contributed by atoms with E-state index in [2.05, 4.69) is 127 Å². The highest BCUT2D eigenvalue weighted by Crippen LogP contribution is 2.60. The van der Waals surface area contributed by atoms with Gasteiger partial charge in [0.1, 0.15) is 11.3 Å². The molecule has 0 unspecified atom stereocenters. The lowest BCUT2D eigenvalue weighted by Gasteiger charge is -2.49. The molecule has 3 N–H and O–H groups in total. The summed E-state index contributed by atoms with van der Waals surface area (Å²) in [6, 6.07) is 37.0. The number of hydrogen-bond donors (Lipinski definition) is 3. The molecule has 3 saturated carbocycles. The van der Waals surface area contributed by atoms with Crippen LogP contribution in [0.5, 0.6) is 5.75 Å². The molecule has 12 atom stereocenters. The molecule has 1 aromatic heterocycles. The fourth-order valence-electron chi connectivity index (χ4n) is 17.8. The van der Waals surface area contributed by atoms with E-state index in [-0.39, 0.29) is 109 Å². The molecule has 0 amide bonds. The summed E-state index contributed by atoms with van der Waals surface area (Å²) >= 11 is 0. The fraction of sp³-hybridized carbons (Fsp3) is 0.434. The van der Waals surface area contributed by atoms with E-state index in [0.717, 1.165) is 48.8 Å². The van der Waals surface area contributed by atoms with Crippen LogP contribution in [0.15, 0.2) is 136 Å². The van der Waals surface area contributed by atoms with E-state index in [1.54, 1.807) is 19.1 Å². The van der Waals surface area contributed by atoms with Crippen molar-refractivity contribution in [2.75, 3.05) is 26.9 Å². The van der Waals surface area contributed by atoms with Crippen LogP contribution in [0.25, 0.3) is 23.1 Å². The second-order valence-corrected chi connectivity index (χ2v) is 26.3. The zero-order valence-corrected chi connectivity index (χ0v) is 49.9. The Bertz CT molecular complexity index is 3900. The third-order valence-electron chi connectivity index (χ3n) is 21.9. The number of fused-ring (bicyclic) bond motifs is 15. The Morgan fingerprint density at radius 3 is 2.51 bits per heavy atom. The molecule has 3 fully saturated rings. The Labute approximate surface area is 509 Å². The van der Waals surface area contributed by atoms with Crippen molar-refractivity contribution in [3.63, 3.8) is 0 Å². The highest BCUT2D eigenvalue weighted by atomic mass is 16.6. The predicted molar refractivity (Wildman–Crippen MR) is 334 cm³/mol. The monoisotopic (exact) mass is 1170 g/mol. The van der Waals surface area contributed by atoms with Crippen molar-refractivity contribution >= 4 is 35.1 Å². The molecule has 0 saturated heterocycles. The predicted octanol–water partition coefficient (Wildman–Crippen LogP) is 13.3. The lowest BCUT2D eigenvalue weighted by molar-refractivity contribution is -0.202. The highest BCUT2D eigenvalue weighted by molar-refractivity contribution is 5.91. The zero-order chi connectivity index (χ0) is 59.6. The maximum atomic E-state index is 16.0. The number of esters is 2. The quantitative estimate of drug-likeness (QED) is 0.0518. The SMILES string of the molecule is COC[C@@H](CCO)c1c(CO)c2ccc3c(c2oc1=O)[C@H]1OC(=O)C[C@H]2C[C@H](c4cccc([C@@]56CCCC[C@@H]5C=Cc5ccccc56)c4)CC[C@@H]2c2ccc4cc2CC#CC[C@@]([C@@H]2C[C@@H]5C=Cc6ccccc6[C@@H]5C2)(O3)[C@H]1OC(=O)/C(=C(/C)CO)CC4. The van der Waals surface area contributed by atoms with Crippen molar-refractivity contribution in [3.05, 3.63) is 204 Å². The topological polar surface area (TPSA) is 162 Å². The van der Waals surface area contributed by atoms with Gasteiger partial charge in [-0.2, -0.15) is 0 Å². The number of benzene rings is 5. The number of ether oxygens (including phenoxy) is 4. The van der Waals surface area contributed by atoms with Gasteiger partial charge >= 0.3 is 17.6 Å². The van der Waals surface area contributed by atoms with E-state index >= 15 is 9.59 Å². The molecule has 0 spiro atoms. The molecule has 4 heterocycles. The smallest absolute Gasteiger partial charge is 0.340 e. The van der Waals surface area contributed by atoms with Crippen LogP contribution < -0.4 is 10.4 Å². The normalized spacial score (nSPS) is 29.6. The summed E-state index contributed by atoms with van der Waals surface area (Å²) in [6.07, 6.45) is 16.4. The summed E-state index contributed by atoms with van der Waals surface area (Å²) in [7, 11) is 1.52. The maximum Gasteiger partial charge on any atom is 0.340 e. The number of aliphatic hydroxyl groups is 3. The Hall–Kier alpha value is -7.33. The molecular weight excluding hydrogens is 1090 g/mol. The van der Waals surface area contributed by atoms with Crippen molar-refractivity contribution in [2.24, 2.45) is 23.7 Å². The van der Waals surface area contributed by atoms with Crippen molar-refractivity contribution in [3.8, 4) is 17.6 Å². The zero-order valence-electron chi connectivity index (χ0n) is 49.9. The van der Waals surface area contributed by atoms with Gasteiger partial charge in [0.15, 0.2) is 17.8 Å². The number of carbonyl (C=O) groups excluding carboxylic acids is 2. The van der Waals surface area contributed by atoms with Gasteiger partial charge in [-0.1, -0.05) is 140 Å². The number of carbonyl (C=O) groups is 2. The summed E-state index contributed by atoms with van der Waals surface area (Å²) in [5.74, 6) is 6.08. The number of allylic oxidation sites excluding steroid dienone is 2. The Balaban J connectivity index is 0.944. The second kappa shape index (κ2) is 23.6. The van der Waals surface area contributed by atoms with E-state index < -0.39 is 47.9 Å². The molecule has 11 nitrogen and oxygen atoms in total. The summed E-state index contributed by atoms with van der Waals surface area (Å²) in [5.41, 5.74) is 10.2. The van der Waals surface area contributed by atoms with Gasteiger partial charge in [0.2, 0.25) is 0 Å². The average Bonchev–Trinajstić information content (AvgIpc) is 1.64. The van der Waals surface area contributed by atoms with E-state index in [4.69, 9.17) is 23.4 Å². The van der Waals surface area contributed by atoms with E-state index in [1.807, 2.05) is 0 Å². The molecule has 3 aliphatic heterocycles. The van der Waals surface area contributed by atoms with Crippen molar-refractivity contribution < 1.29 is 48.3 Å². The van der Waals surface area contributed by atoms with Gasteiger partial charge < -0.3 is 38.7 Å². The van der Waals surface area contributed by atoms with Crippen LogP contribution in [-0.4, -0.2) is 65.9 Å². The molecule has 8 aliphatic rings. The summed E-state index contributed by atoms with van der Waals surface area (Å²) < 4.78 is 34.1. The maximum absolute atomic E-state index is 16.0. The first kappa shape index (κ1) is 57.4. The molecule has 448 valence electrons. The molecule has 11 heteroatoms. The largest absolute Gasteiger partial charge is 0.481 e. The van der Waals surface area contributed by atoms with Crippen LogP contribution in [0.3, 0.4) is 0 Å². The van der Waals surface area contributed by atoms with Gasteiger partial charge in [-0.3, -0.25) is 4.79 Å². The lowest BCUT2D eigenvalue weighted by Crippen LogP contribution is -2.60. The van der Waals surface area contributed by atoms with Crippen molar-refractivity contribution in [1.82, 2.24) is 0 Å². The Morgan fingerprint density at radius 2 is 1.66 bits per heavy atom. The van der Waals surface area contributed by atoms with Gasteiger partial charge in [-0.25, -0.2) is 9.59 Å². The molecule has 5 aromatic carbocycles. The number of rotatable bonds is 10. The van der Waals surface area contributed by atoms with Crippen LogP contribution in [0, 0.1) is 35.5 Å². The minimum Gasteiger partial charge on any atom is -0.481 e. The molecule has 0 radical (unpaired) electrons. The van der Waals surface area contributed by atoms with E-state index in [9.17, 15) is 20.1 Å². The fourth-order valence-corrected chi connectivity index (χ4v) is 17.8. The molecule has 87 heavy (non-hydrogen) atoms. The molecule has 5 bridgehead atoms. The van der Waals surface area contributed by atoms with Crippen molar-refractivity contribution in [2.45, 2.75) is 157 Å². The first-order valence-electron chi connectivity index (χ1n) is 32.0. The van der Waals surface area contributed by atoms with Gasteiger partial charge in [-0.15, -0.1) is 0 Å². The number of aliphatic hydroxyl groups excluding tert-OH is 3. The summed E-state index contributed by atoms with van der Waals surface area (Å²) in [4.78, 5) is 46.4. The summed E-state index contributed by atoms with van der Waals surface area (Å²) in [6.45, 7) is 0.655. The standard InChI is InChI=1S/C76H78O11/c1-45(42-78)58-27-20-46-21-28-60-51(36-46)14-7-10-34-76(57-39-52-23-22-47-12-3-5-18-59(47)63(52)41-57)72(86-73(58)81)71(69-66(87-76)31-30-62-64(43-79)68(74(82)85-70(62)69)53(32-35-77)44-83-2)84-67(80)40-54-37-50(25-29-61(54)60)49-15-11-17-56(38-49)75-33-9-8-16-55(75)26-24-48-13-4-6-19-65(48)75/h3-6,11-13,15,17-19,21-24,26,28,30-31,36,38,50,52-55,57,61,63,71-72,77-79H,8-9,14,16,20,25,27,29,32-35,37,39-44H2,1-2H3/b58-45-/t50-,52+,53-,54-,55-,57-,61+,63-,71-,72+,75-,76+/m1/s1. The van der Waals surface area contributed by atoms with Gasteiger partial charge in [0.05, 0.1) is 31.8 Å². The first-order valence-corrected chi connectivity index (χ1v) is 32.0. The Kier molecular flexibility index (Phi) is 15.6. The number of methoxy groups -OCH3 is 1. The lowest BCUT2D eigenvalue weighted by atomic mass is 9.56. The second-order valence-electron chi connectivity index (χ2n) is 26.3. The number of hydrogen-bond acceptors (Lipinski definition) is 11. The van der Waals surface area contributed by atoms with Gasteiger partial charge in [-0.05, 0) is 180 Å². The third-order valence-corrected chi connectivity index (χ3v) is 21.9. The molecule has 6 aromatic rings. The molecule has 5 aliphatic carbocycles. The van der Waals surface area contributed by atoms with E-state index in [0.29, 0.717) is 53.9 Å². The average molecular weight is 1170 g/mol. The van der Waals surface area contributed by atoms with E-state index in [1.165, 1.54) is 53.3 Å². The third kappa shape index (κ3) is 9.94. The van der Waals surface area contributed by atoms with Crippen LogP contribution in [-0.2, 0) is 48.7 Å². The van der Waals surface area contributed by atoms with Crippen LogP contribution in [0.4, 0.5) is 0 Å². The molecule has 14 rings (SSSR count).